The third kappa shape index (κ3) is 4.84. The topological polar surface area (TPSA) is 84.1 Å². The van der Waals surface area contributed by atoms with Gasteiger partial charge in [0.05, 0.1) is 12.6 Å². The number of aromatic nitrogens is 2. The van der Waals surface area contributed by atoms with Gasteiger partial charge in [-0.1, -0.05) is 29.3 Å². The van der Waals surface area contributed by atoms with Gasteiger partial charge in [-0.2, -0.15) is 0 Å². The van der Waals surface area contributed by atoms with Gasteiger partial charge in [0.25, 0.3) is 11.5 Å². The van der Waals surface area contributed by atoms with Crippen molar-refractivity contribution in [3.05, 3.63) is 80.7 Å². The number of rotatable bonds is 6. The van der Waals surface area contributed by atoms with E-state index in [0.717, 1.165) is 11.1 Å². The molecule has 0 saturated heterocycles. The minimum absolute atomic E-state index is 0.0554. The molecule has 1 aromatic heterocycles. The highest BCUT2D eigenvalue weighted by Crippen LogP contribution is 2.26. The number of halogens is 1. The van der Waals surface area contributed by atoms with Crippen molar-refractivity contribution >= 4 is 17.5 Å². The van der Waals surface area contributed by atoms with Crippen LogP contribution in [0.2, 0.25) is 5.02 Å². The molecule has 1 amide bonds. The summed E-state index contributed by atoms with van der Waals surface area (Å²) in [6.45, 7) is 6.24. The van der Waals surface area contributed by atoms with Crippen LogP contribution in [0.4, 0.5) is 0 Å². The highest BCUT2D eigenvalue weighted by molar-refractivity contribution is 6.30. The summed E-state index contributed by atoms with van der Waals surface area (Å²) >= 11 is 5.88. The zero-order valence-corrected chi connectivity index (χ0v) is 17.2. The van der Waals surface area contributed by atoms with E-state index in [2.05, 4.69) is 15.3 Å². The number of amides is 1. The van der Waals surface area contributed by atoms with E-state index in [0.29, 0.717) is 28.8 Å². The number of nitrogens with zero attached hydrogens (tertiary/aromatic N) is 1. The van der Waals surface area contributed by atoms with E-state index in [1.54, 1.807) is 24.3 Å². The summed E-state index contributed by atoms with van der Waals surface area (Å²) in [7, 11) is 0. The highest BCUT2D eigenvalue weighted by Gasteiger charge is 2.18. The smallest absolute Gasteiger partial charge is 0.264 e. The Morgan fingerprint density at radius 2 is 1.97 bits per heavy atom. The Morgan fingerprint density at radius 1 is 1.24 bits per heavy atom. The van der Waals surface area contributed by atoms with Crippen molar-refractivity contribution in [2.24, 2.45) is 0 Å². The van der Waals surface area contributed by atoms with E-state index >= 15 is 0 Å². The van der Waals surface area contributed by atoms with Crippen molar-refractivity contribution in [3.8, 4) is 17.1 Å². The van der Waals surface area contributed by atoms with E-state index in [-0.39, 0.29) is 11.6 Å². The van der Waals surface area contributed by atoms with Gasteiger partial charge < -0.3 is 15.0 Å². The fourth-order valence-electron chi connectivity index (χ4n) is 2.96. The molecule has 0 saturated carbocycles. The molecule has 0 fully saturated rings. The van der Waals surface area contributed by atoms with Gasteiger partial charge in [-0.15, -0.1) is 0 Å². The Kier molecular flexibility index (Phi) is 6.34. The van der Waals surface area contributed by atoms with Crippen molar-refractivity contribution in [1.82, 2.24) is 15.3 Å². The quantitative estimate of drug-likeness (QED) is 0.633. The molecule has 3 rings (SSSR count). The Balaban J connectivity index is 1.81. The van der Waals surface area contributed by atoms with Crippen molar-refractivity contribution < 1.29 is 9.53 Å². The molecule has 0 spiro atoms. The Morgan fingerprint density at radius 3 is 2.62 bits per heavy atom. The monoisotopic (exact) mass is 411 g/mol. The molecule has 29 heavy (non-hydrogen) atoms. The lowest BCUT2D eigenvalue weighted by atomic mass is 10.0. The van der Waals surface area contributed by atoms with Gasteiger partial charge in [0.2, 0.25) is 0 Å². The van der Waals surface area contributed by atoms with Crippen LogP contribution in [0.25, 0.3) is 11.4 Å². The van der Waals surface area contributed by atoms with Gasteiger partial charge in [-0.05, 0) is 51.1 Å². The number of carbonyl (C=O) groups excluding carboxylic acids is 1. The Labute approximate surface area is 173 Å². The molecule has 6 nitrogen and oxygen atoms in total. The van der Waals surface area contributed by atoms with E-state index in [4.69, 9.17) is 16.3 Å². The molecule has 0 bridgehead atoms. The first-order chi connectivity index (χ1) is 13.9. The number of aromatic amines is 1. The van der Waals surface area contributed by atoms with Gasteiger partial charge in [0.15, 0.2) is 0 Å². The van der Waals surface area contributed by atoms with Crippen molar-refractivity contribution in [2.45, 2.75) is 26.8 Å². The standard InChI is InChI=1S/C22H22ClN3O3/c1-4-29-19-10-5-13(2)11-17(19)14(3)25-21(27)18-12-24-20(26-22(18)28)15-6-8-16(23)9-7-15/h5-12,14H,4H2,1-3H3,(H,25,27)(H,24,26,28). The molecular weight excluding hydrogens is 390 g/mol. The molecule has 3 aromatic rings. The zero-order valence-electron chi connectivity index (χ0n) is 16.5. The number of carbonyl (C=O) groups is 1. The van der Waals surface area contributed by atoms with Gasteiger partial charge in [0, 0.05) is 22.3 Å². The minimum atomic E-state index is -0.510. The fourth-order valence-corrected chi connectivity index (χ4v) is 3.08. The number of hydrogen-bond donors (Lipinski definition) is 2. The van der Waals surface area contributed by atoms with Gasteiger partial charge in [-0.25, -0.2) is 4.98 Å². The molecule has 1 heterocycles. The van der Waals surface area contributed by atoms with Crippen LogP contribution in [-0.2, 0) is 0 Å². The molecule has 7 heteroatoms. The first kappa shape index (κ1) is 20.6. The maximum absolute atomic E-state index is 12.7. The molecule has 0 aliphatic rings. The third-order valence-electron chi connectivity index (χ3n) is 4.44. The van der Waals surface area contributed by atoms with Gasteiger partial charge >= 0.3 is 0 Å². The number of hydrogen-bond acceptors (Lipinski definition) is 4. The number of ether oxygens (including phenoxy) is 1. The second-order valence-corrected chi connectivity index (χ2v) is 7.09. The van der Waals surface area contributed by atoms with Crippen molar-refractivity contribution in [3.63, 3.8) is 0 Å². The summed E-state index contributed by atoms with van der Waals surface area (Å²) < 4.78 is 5.66. The highest BCUT2D eigenvalue weighted by atomic mass is 35.5. The van der Waals surface area contributed by atoms with Crippen molar-refractivity contribution in [2.75, 3.05) is 6.61 Å². The molecule has 2 N–H and O–H groups in total. The third-order valence-corrected chi connectivity index (χ3v) is 4.69. The number of aryl methyl sites for hydroxylation is 1. The lowest BCUT2D eigenvalue weighted by Gasteiger charge is -2.18. The normalized spacial score (nSPS) is 11.7. The Hall–Kier alpha value is -3.12. The molecule has 0 aliphatic heterocycles. The number of benzene rings is 2. The molecule has 0 aliphatic carbocycles. The predicted octanol–water partition coefficient (Wildman–Crippen LogP) is 4.29. The second kappa shape index (κ2) is 8.92. The number of H-pyrrole nitrogens is 1. The van der Waals surface area contributed by atoms with Gasteiger partial charge in [0.1, 0.15) is 17.1 Å². The largest absolute Gasteiger partial charge is 0.494 e. The first-order valence-corrected chi connectivity index (χ1v) is 9.66. The average molecular weight is 412 g/mol. The van der Waals surface area contributed by atoms with E-state index in [1.807, 2.05) is 39.0 Å². The fraction of sp³-hybridized carbons (Fsp3) is 0.227. The maximum Gasteiger partial charge on any atom is 0.264 e. The van der Waals surface area contributed by atoms with E-state index < -0.39 is 11.5 Å². The second-order valence-electron chi connectivity index (χ2n) is 6.65. The molecular formula is C22H22ClN3O3. The molecule has 1 atom stereocenters. The summed E-state index contributed by atoms with van der Waals surface area (Å²) in [5.41, 5.74) is 2.04. The SMILES string of the molecule is CCOc1ccc(C)cc1C(C)NC(=O)c1cnc(-c2ccc(Cl)cc2)[nH]c1=O. The van der Waals surface area contributed by atoms with Crippen LogP contribution < -0.4 is 15.6 Å². The summed E-state index contributed by atoms with van der Waals surface area (Å²) in [6, 6.07) is 12.3. The van der Waals surface area contributed by atoms with Crippen LogP contribution in [0.3, 0.4) is 0 Å². The first-order valence-electron chi connectivity index (χ1n) is 9.28. The minimum Gasteiger partial charge on any atom is -0.494 e. The van der Waals surface area contributed by atoms with E-state index in [9.17, 15) is 9.59 Å². The zero-order chi connectivity index (χ0) is 21.0. The van der Waals surface area contributed by atoms with Crippen LogP contribution in [0.1, 0.15) is 41.4 Å². The molecule has 0 radical (unpaired) electrons. The molecule has 1 unspecified atom stereocenters. The summed E-state index contributed by atoms with van der Waals surface area (Å²) in [5, 5.41) is 3.44. The average Bonchev–Trinajstić information content (AvgIpc) is 2.69. The lowest BCUT2D eigenvalue weighted by molar-refractivity contribution is 0.0937. The van der Waals surface area contributed by atoms with Crippen LogP contribution in [-0.4, -0.2) is 22.5 Å². The maximum atomic E-state index is 12.7. The summed E-state index contributed by atoms with van der Waals surface area (Å²) in [6.07, 6.45) is 1.28. The summed E-state index contributed by atoms with van der Waals surface area (Å²) in [4.78, 5) is 32.0. The lowest BCUT2D eigenvalue weighted by Crippen LogP contribution is -2.32. The van der Waals surface area contributed by atoms with Gasteiger partial charge in [-0.3, -0.25) is 9.59 Å². The van der Waals surface area contributed by atoms with Crippen LogP contribution in [0, 0.1) is 6.92 Å². The van der Waals surface area contributed by atoms with Crippen LogP contribution in [0.15, 0.2) is 53.5 Å². The number of nitrogens with one attached hydrogen (secondary N) is 2. The van der Waals surface area contributed by atoms with E-state index in [1.165, 1.54) is 6.20 Å². The van der Waals surface area contributed by atoms with Crippen LogP contribution >= 0.6 is 11.6 Å². The summed E-state index contributed by atoms with van der Waals surface area (Å²) in [5.74, 6) is 0.572. The predicted molar refractivity (Wildman–Crippen MR) is 114 cm³/mol. The van der Waals surface area contributed by atoms with Crippen LogP contribution in [0.5, 0.6) is 5.75 Å². The molecule has 2 aromatic carbocycles. The van der Waals surface area contributed by atoms with Crippen molar-refractivity contribution in [1.29, 1.82) is 0 Å². The molecule has 150 valence electrons. The Bertz CT molecular complexity index is 1080.